The molecule has 2 atom stereocenters. The Hall–Kier alpha value is -1.68. The summed E-state index contributed by atoms with van der Waals surface area (Å²) in [7, 11) is 0. The van der Waals surface area contributed by atoms with Crippen molar-refractivity contribution in [1.82, 2.24) is 9.78 Å². The highest BCUT2D eigenvalue weighted by Gasteiger charge is 2.21. The lowest BCUT2D eigenvalue weighted by molar-refractivity contribution is 0.434. The summed E-state index contributed by atoms with van der Waals surface area (Å²) in [4.78, 5) is 0. The molecule has 0 saturated heterocycles. The van der Waals surface area contributed by atoms with Gasteiger partial charge in [0.15, 0.2) is 0 Å². The standard InChI is InChI=1S/C12H14FN3/c1-9(14)12(16-8-4-7-15-16)10-5-2-3-6-11(10)13/h2-9,12H,14H2,1H3. The first-order valence-corrected chi connectivity index (χ1v) is 5.19. The molecule has 0 aliphatic rings. The van der Waals surface area contributed by atoms with Gasteiger partial charge in [-0.15, -0.1) is 0 Å². The van der Waals surface area contributed by atoms with E-state index in [0.29, 0.717) is 5.56 Å². The Morgan fingerprint density at radius 3 is 2.62 bits per heavy atom. The Morgan fingerprint density at radius 2 is 2.06 bits per heavy atom. The number of benzene rings is 1. The molecular weight excluding hydrogens is 205 g/mol. The fraction of sp³-hybridized carbons (Fsp3) is 0.250. The van der Waals surface area contributed by atoms with E-state index in [1.54, 1.807) is 41.3 Å². The first-order chi connectivity index (χ1) is 7.70. The first kappa shape index (κ1) is 10.8. The Labute approximate surface area is 93.7 Å². The van der Waals surface area contributed by atoms with Gasteiger partial charge in [0.25, 0.3) is 0 Å². The largest absolute Gasteiger partial charge is 0.326 e. The zero-order valence-corrected chi connectivity index (χ0v) is 9.05. The number of aromatic nitrogens is 2. The minimum absolute atomic E-state index is 0.211. The summed E-state index contributed by atoms with van der Waals surface area (Å²) in [6, 6.07) is 7.97. The molecule has 1 aromatic heterocycles. The summed E-state index contributed by atoms with van der Waals surface area (Å²) >= 11 is 0. The van der Waals surface area contributed by atoms with Gasteiger partial charge in [0.1, 0.15) is 5.82 Å². The van der Waals surface area contributed by atoms with Crippen molar-refractivity contribution in [3.05, 3.63) is 54.1 Å². The molecule has 0 bridgehead atoms. The minimum Gasteiger partial charge on any atom is -0.326 e. The van der Waals surface area contributed by atoms with Crippen LogP contribution in [0.4, 0.5) is 4.39 Å². The van der Waals surface area contributed by atoms with E-state index in [1.165, 1.54) is 6.07 Å². The number of nitrogens with two attached hydrogens (primary N) is 1. The van der Waals surface area contributed by atoms with Crippen LogP contribution in [0.25, 0.3) is 0 Å². The Kier molecular flexibility index (Phi) is 3.01. The Balaban J connectivity index is 2.45. The smallest absolute Gasteiger partial charge is 0.128 e. The molecule has 4 heteroatoms. The van der Waals surface area contributed by atoms with Gasteiger partial charge in [-0.05, 0) is 19.1 Å². The van der Waals surface area contributed by atoms with Gasteiger partial charge in [-0.25, -0.2) is 4.39 Å². The van der Waals surface area contributed by atoms with E-state index in [-0.39, 0.29) is 17.9 Å². The van der Waals surface area contributed by atoms with Gasteiger partial charge in [0.05, 0.1) is 6.04 Å². The fourth-order valence-electron chi connectivity index (χ4n) is 1.83. The van der Waals surface area contributed by atoms with Gasteiger partial charge in [-0.1, -0.05) is 18.2 Å². The number of hydrogen-bond donors (Lipinski definition) is 1. The average molecular weight is 219 g/mol. The quantitative estimate of drug-likeness (QED) is 0.857. The molecule has 1 aromatic carbocycles. The van der Waals surface area contributed by atoms with E-state index in [2.05, 4.69) is 5.10 Å². The fourth-order valence-corrected chi connectivity index (χ4v) is 1.83. The lowest BCUT2D eigenvalue weighted by Gasteiger charge is -2.22. The van der Waals surface area contributed by atoms with Crippen molar-refractivity contribution in [2.75, 3.05) is 0 Å². The number of nitrogens with zero attached hydrogens (tertiary/aromatic N) is 2. The van der Waals surface area contributed by atoms with Gasteiger partial charge < -0.3 is 5.73 Å². The molecule has 0 fully saturated rings. The van der Waals surface area contributed by atoms with Crippen molar-refractivity contribution in [3.8, 4) is 0 Å². The lowest BCUT2D eigenvalue weighted by atomic mass is 10.0. The molecule has 2 unspecified atom stereocenters. The van der Waals surface area contributed by atoms with Crippen molar-refractivity contribution < 1.29 is 4.39 Å². The van der Waals surface area contributed by atoms with Crippen LogP contribution in [0, 0.1) is 5.82 Å². The predicted octanol–water partition coefficient (Wildman–Crippen LogP) is 1.96. The van der Waals surface area contributed by atoms with Crippen molar-refractivity contribution in [2.45, 2.75) is 19.0 Å². The van der Waals surface area contributed by atoms with E-state index in [0.717, 1.165) is 0 Å². The Bertz CT molecular complexity index is 451. The summed E-state index contributed by atoms with van der Waals surface area (Å²) in [6.45, 7) is 1.85. The average Bonchev–Trinajstić information content (AvgIpc) is 2.74. The minimum atomic E-state index is -0.267. The monoisotopic (exact) mass is 219 g/mol. The van der Waals surface area contributed by atoms with Crippen LogP contribution < -0.4 is 5.73 Å². The predicted molar refractivity (Wildman–Crippen MR) is 60.4 cm³/mol. The molecular formula is C12H14FN3. The molecule has 0 aliphatic carbocycles. The maximum absolute atomic E-state index is 13.7. The first-order valence-electron chi connectivity index (χ1n) is 5.19. The van der Waals surface area contributed by atoms with E-state index in [1.807, 2.05) is 6.92 Å². The van der Waals surface area contributed by atoms with E-state index < -0.39 is 0 Å². The molecule has 0 radical (unpaired) electrons. The summed E-state index contributed by atoms with van der Waals surface area (Å²) in [5.41, 5.74) is 6.47. The van der Waals surface area contributed by atoms with E-state index in [4.69, 9.17) is 5.73 Å². The molecule has 16 heavy (non-hydrogen) atoms. The number of rotatable bonds is 3. The molecule has 0 amide bonds. The maximum Gasteiger partial charge on any atom is 0.128 e. The van der Waals surface area contributed by atoms with Gasteiger partial charge in [0.2, 0.25) is 0 Å². The van der Waals surface area contributed by atoms with Gasteiger partial charge in [-0.3, -0.25) is 4.68 Å². The SMILES string of the molecule is CC(N)C(c1ccccc1F)n1cccn1. The number of hydrogen-bond acceptors (Lipinski definition) is 2. The van der Waals surface area contributed by atoms with Crippen LogP contribution in [0.15, 0.2) is 42.7 Å². The zero-order chi connectivity index (χ0) is 11.5. The van der Waals surface area contributed by atoms with Crippen LogP contribution in [0.3, 0.4) is 0 Å². The second-order valence-electron chi connectivity index (χ2n) is 3.81. The normalized spacial score (nSPS) is 14.7. The topological polar surface area (TPSA) is 43.8 Å². The second-order valence-corrected chi connectivity index (χ2v) is 3.81. The zero-order valence-electron chi connectivity index (χ0n) is 9.05. The van der Waals surface area contributed by atoms with E-state index >= 15 is 0 Å². The summed E-state index contributed by atoms with van der Waals surface area (Å²) in [5, 5.41) is 4.13. The molecule has 2 N–H and O–H groups in total. The van der Waals surface area contributed by atoms with Crippen molar-refractivity contribution in [3.63, 3.8) is 0 Å². The molecule has 1 heterocycles. The highest BCUT2D eigenvalue weighted by molar-refractivity contribution is 5.23. The highest BCUT2D eigenvalue weighted by atomic mass is 19.1. The molecule has 2 rings (SSSR count). The highest BCUT2D eigenvalue weighted by Crippen LogP contribution is 2.22. The van der Waals surface area contributed by atoms with Crippen molar-refractivity contribution in [2.24, 2.45) is 5.73 Å². The van der Waals surface area contributed by atoms with Gasteiger partial charge >= 0.3 is 0 Å². The van der Waals surface area contributed by atoms with Crippen LogP contribution in [-0.2, 0) is 0 Å². The number of halogens is 1. The van der Waals surface area contributed by atoms with Gasteiger partial charge in [0, 0.05) is 24.0 Å². The molecule has 0 aliphatic heterocycles. The summed E-state index contributed by atoms with van der Waals surface area (Å²) in [5.74, 6) is -0.250. The lowest BCUT2D eigenvalue weighted by Crippen LogP contribution is -2.31. The molecule has 3 nitrogen and oxygen atoms in total. The maximum atomic E-state index is 13.7. The van der Waals surface area contributed by atoms with Crippen LogP contribution in [0.2, 0.25) is 0 Å². The van der Waals surface area contributed by atoms with E-state index in [9.17, 15) is 4.39 Å². The molecule has 2 aromatic rings. The molecule has 0 spiro atoms. The summed E-state index contributed by atoms with van der Waals surface area (Å²) in [6.07, 6.45) is 3.46. The third-order valence-electron chi connectivity index (χ3n) is 2.53. The molecule has 0 saturated carbocycles. The van der Waals surface area contributed by atoms with Crippen LogP contribution in [-0.4, -0.2) is 15.8 Å². The second kappa shape index (κ2) is 4.45. The summed E-state index contributed by atoms with van der Waals surface area (Å²) < 4.78 is 15.4. The van der Waals surface area contributed by atoms with Gasteiger partial charge in [-0.2, -0.15) is 5.10 Å². The van der Waals surface area contributed by atoms with Crippen molar-refractivity contribution in [1.29, 1.82) is 0 Å². The Morgan fingerprint density at radius 1 is 1.31 bits per heavy atom. The van der Waals surface area contributed by atoms with Crippen LogP contribution in [0.1, 0.15) is 18.5 Å². The van der Waals surface area contributed by atoms with Crippen molar-refractivity contribution >= 4 is 0 Å². The van der Waals surface area contributed by atoms with Crippen LogP contribution in [0.5, 0.6) is 0 Å². The van der Waals surface area contributed by atoms with Crippen LogP contribution >= 0.6 is 0 Å². The molecule has 84 valence electrons. The third kappa shape index (κ3) is 1.97. The third-order valence-corrected chi connectivity index (χ3v) is 2.53.